The maximum atomic E-state index is 12.5. The Balaban J connectivity index is 2.37. The molecular weight excluding hydrogens is 292 g/mol. The van der Waals surface area contributed by atoms with Gasteiger partial charge in [-0.3, -0.25) is 14.3 Å². The van der Waals surface area contributed by atoms with Crippen molar-refractivity contribution in [1.29, 1.82) is 0 Å². The van der Waals surface area contributed by atoms with Crippen LogP contribution in [0.15, 0.2) is 0 Å². The molecule has 1 aromatic rings. The van der Waals surface area contributed by atoms with Crippen molar-refractivity contribution in [3.63, 3.8) is 0 Å². The van der Waals surface area contributed by atoms with Crippen LogP contribution < -0.4 is 5.32 Å². The fourth-order valence-electron chi connectivity index (χ4n) is 2.75. The van der Waals surface area contributed by atoms with E-state index in [1.165, 1.54) is 0 Å². The number of aromatic nitrogens is 2. The molecule has 21 heavy (non-hydrogen) atoms. The van der Waals surface area contributed by atoms with Crippen molar-refractivity contribution in [2.24, 2.45) is 13.0 Å². The van der Waals surface area contributed by atoms with Crippen LogP contribution in [0.2, 0.25) is 5.15 Å². The van der Waals surface area contributed by atoms with Gasteiger partial charge >= 0.3 is 0 Å². The molecule has 0 aromatic carbocycles. The van der Waals surface area contributed by atoms with Crippen LogP contribution >= 0.6 is 11.6 Å². The molecule has 0 saturated carbocycles. The lowest BCUT2D eigenvalue weighted by Crippen LogP contribution is -2.63. The number of amides is 2. The first kappa shape index (κ1) is 15.8. The Morgan fingerprint density at radius 3 is 2.48 bits per heavy atom. The first-order valence-corrected chi connectivity index (χ1v) is 7.40. The van der Waals surface area contributed by atoms with Gasteiger partial charge in [-0.25, -0.2) is 0 Å². The van der Waals surface area contributed by atoms with Gasteiger partial charge < -0.3 is 10.2 Å². The molecule has 1 aliphatic heterocycles. The summed E-state index contributed by atoms with van der Waals surface area (Å²) in [5.74, 6) is -0.181. The summed E-state index contributed by atoms with van der Waals surface area (Å²) in [5.41, 5.74) is 1.57. The second kappa shape index (κ2) is 5.67. The van der Waals surface area contributed by atoms with Gasteiger partial charge in [0.15, 0.2) is 0 Å². The van der Waals surface area contributed by atoms with Crippen LogP contribution in [0.1, 0.15) is 32.0 Å². The number of nitrogens with one attached hydrogen (secondary N) is 1. The van der Waals surface area contributed by atoms with Crippen molar-refractivity contribution in [2.75, 3.05) is 0 Å². The molecule has 1 aliphatic rings. The van der Waals surface area contributed by atoms with E-state index in [1.807, 2.05) is 20.8 Å². The number of carbonyl (C=O) groups is 2. The number of carbonyl (C=O) groups excluding carboxylic acids is 2. The van der Waals surface area contributed by atoms with Gasteiger partial charge in [-0.1, -0.05) is 25.4 Å². The molecule has 0 bridgehead atoms. The van der Waals surface area contributed by atoms with E-state index in [0.29, 0.717) is 11.7 Å². The van der Waals surface area contributed by atoms with Gasteiger partial charge in [-0.15, -0.1) is 0 Å². The van der Waals surface area contributed by atoms with Crippen LogP contribution in [-0.4, -0.2) is 38.6 Å². The van der Waals surface area contributed by atoms with Crippen LogP contribution in [0.4, 0.5) is 0 Å². The Kier molecular flexibility index (Phi) is 4.27. The van der Waals surface area contributed by atoms with Crippen molar-refractivity contribution in [2.45, 2.75) is 46.3 Å². The molecule has 0 spiro atoms. The third-order valence-electron chi connectivity index (χ3n) is 3.85. The molecule has 2 unspecified atom stereocenters. The Morgan fingerprint density at radius 2 is 2.00 bits per heavy atom. The van der Waals surface area contributed by atoms with Crippen molar-refractivity contribution in [3.8, 4) is 0 Å². The molecule has 2 heterocycles. The van der Waals surface area contributed by atoms with Gasteiger partial charge in [0, 0.05) is 12.6 Å². The zero-order chi connectivity index (χ0) is 15.9. The van der Waals surface area contributed by atoms with E-state index in [4.69, 9.17) is 11.6 Å². The second-order valence-electron chi connectivity index (χ2n) is 5.86. The van der Waals surface area contributed by atoms with Crippen LogP contribution in [-0.2, 0) is 23.2 Å². The molecule has 1 N–H and O–H groups in total. The topological polar surface area (TPSA) is 67.2 Å². The van der Waals surface area contributed by atoms with Crippen LogP contribution in [0.5, 0.6) is 0 Å². The minimum Gasteiger partial charge on any atom is -0.343 e. The fourth-order valence-corrected chi connectivity index (χ4v) is 2.98. The molecule has 6 nitrogen and oxygen atoms in total. The molecular formula is C14H21ClN4O2. The maximum absolute atomic E-state index is 12.5. The lowest BCUT2D eigenvalue weighted by molar-refractivity contribution is -0.151. The van der Waals surface area contributed by atoms with Crippen molar-refractivity contribution >= 4 is 23.4 Å². The highest BCUT2D eigenvalue weighted by atomic mass is 35.5. The largest absolute Gasteiger partial charge is 0.343 e. The van der Waals surface area contributed by atoms with E-state index in [-0.39, 0.29) is 17.7 Å². The minimum atomic E-state index is -0.511. The zero-order valence-electron chi connectivity index (χ0n) is 13.0. The molecule has 7 heteroatoms. The summed E-state index contributed by atoms with van der Waals surface area (Å²) in [7, 11) is 1.76. The monoisotopic (exact) mass is 312 g/mol. The van der Waals surface area contributed by atoms with Crippen molar-refractivity contribution in [3.05, 3.63) is 16.4 Å². The first-order valence-electron chi connectivity index (χ1n) is 7.02. The lowest BCUT2D eigenvalue weighted by Gasteiger charge is -2.39. The molecule has 0 aliphatic carbocycles. The van der Waals surface area contributed by atoms with E-state index in [9.17, 15) is 9.59 Å². The van der Waals surface area contributed by atoms with E-state index < -0.39 is 12.1 Å². The summed E-state index contributed by atoms with van der Waals surface area (Å²) in [5, 5.41) is 7.48. The number of piperazine rings is 1. The summed E-state index contributed by atoms with van der Waals surface area (Å²) in [6, 6.07) is -0.993. The summed E-state index contributed by atoms with van der Waals surface area (Å²) in [6.45, 7) is 7.71. The van der Waals surface area contributed by atoms with Gasteiger partial charge in [-0.05, 0) is 19.8 Å². The molecule has 2 atom stereocenters. The van der Waals surface area contributed by atoms with Crippen LogP contribution in [0, 0.1) is 12.8 Å². The predicted octanol–water partition coefficient (Wildman–Crippen LogP) is 1.25. The molecule has 1 aromatic heterocycles. The summed E-state index contributed by atoms with van der Waals surface area (Å²) in [6.07, 6.45) is 0. The number of rotatable bonds is 3. The summed E-state index contributed by atoms with van der Waals surface area (Å²) < 4.78 is 1.58. The standard InChI is InChI=1S/C14H21ClN4O2/c1-7(2)11-13(20)16-9(4)14(21)19(11)6-10-8(3)17-18(5)12(10)15/h7,9,11H,6H2,1-5H3,(H,16,20). The highest BCUT2D eigenvalue weighted by Crippen LogP contribution is 2.25. The Bertz CT molecular complexity index is 582. The number of nitrogens with zero attached hydrogens (tertiary/aromatic N) is 3. The number of halogens is 1. The van der Waals surface area contributed by atoms with Gasteiger partial charge in [0.25, 0.3) is 0 Å². The van der Waals surface area contributed by atoms with Gasteiger partial charge in [0.2, 0.25) is 11.8 Å². The predicted molar refractivity (Wildman–Crippen MR) is 79.7 cm³/mol. The number of hydrogen-bond acceptors (Lipinski definition) is 3. The van der Waals surface area contributed by atoms with Gasteiger partial charge in [0.1, 0.15) is 17.2 Å². The van der Waals surface area contributed by atoms with Crippen LogP contribution in [0.25, 0.3) is 0 Å². The van der Waals surface area contributed by atoms with E-state index in [0.717, 1.165) is 11.3 Å². The minimum absolute atomic E-state index is 0.0252. The van der Waals surface area contributed by atoms with Gasteiger partial charge in [-0.2, -0.15) is 5.10 Å². The third-order valence-corrected chi connectivity index (χ3v) is 4.32. The number of aryl methyl sites for hydroxylation is 2. The van der Waals surface area contributed by atoms with Crippen molar-refractivity contribution < 1.29 is 9.59 Å². The highest BCUT2D eigenvalue weighted by molar-refractivity contribution is 6.30. The third kappa shape index (κ3) is 2.77. The molecule has 1 saturated heterocycles. The molecule has 0 radical (unpaired) electrons. The van der Waals surface area contributed by atoms with Crippen molar-refractivity contribution in [1.82, 2.24) is 20.0 Å². The first-order chi connectivity index (χ1) is 9.73. The maximum Gasteiger partial charge on any atom is 0.245 e. The molecule has 116 valence electrons. The zero-order valence-corrected chi connectivity index (χ0v) is 13.7. The Morgan fingerprint density at radius 1 is 1.38 bits per heavy atom. The smallest absolute Gasteiger partial charge is 0.245 e. The average molecular weight is 313 g/mol. The fraction of sp³-hybridized carbons (Fsp3) is 0.643. The Hall–Kier alpha value is -1.56. The lowest BCUT2D eigenvalue weighted by atomic mass is 9.96. The van der Waals surface area contributed by atoms with E-state index in [2.05, 4.69) is 10.4 Å². The SMILES string of the molecule is Cc1nn(C)c(Cl)c1CN1C(=O)C(C)NC(=O)C1C(C)C. The molecule has 2 rings (SSSR count). The summed E-state index contributed by atoms with van der Waals surface area (Å²) in [4.78, 5) is 26.3. The molecule has 2 amide bonds. The number of hydrogen-bond donors (Lipinski definition) is 1. The van der Waals surface area contributed by atoms with E-state index >= 15 is 0 Å². The normalized spacial score (nSPS) is 22.9. The second-order valence-corrected chi connectivity index (χ2v) is 6.22. The highest BCUT2D eigenvalue weighted by Gasteiger charge is 2.40. The Labute approximate surface area is 129 Å². The van der Waals surface area contributed by atoms with E-state index in [1.54, 1.807) is 23.6 Å². The van der Waals surface area contributed by atoms with Crippen LogP contribution in [0.3, 0.4) is 0 Å². The summed E-state index contributed by atoms with van der Waals surface area (Å²) >= 11 is 6.24. The molecule has 1 fully saturated rings. The quantitative estimate of drug-likeness (QED) is 0.913. The van der Waals surface area contributed by atoms with Gasteiger partial charge in [0.05, 0.1) is 12.2 Å². The average Bonchev–Trinajstić information content (AvgIpc) is 2.61.